The van der Waals surface area contributed by atoms with Crippen LogP contribution in [0.25, 0.3) is 0 Å². The number of Topliss-reactive ketones (excluding diaryl/α,β-unsaturated/α-hetero) is 1. The van der Waals surface area contributed by atoms with Gasteiger partial charge in [0, 0.05) is 17.8 Å². The number of rotatable bonds is 8. The first-order chi connectivity index (χ1) is 12.5. The van der Waals surface area contributed by atoms with E-state index in [2.05, 4.69) is 12.1 Å². The summed E-state index contributed by atoms with van der Waals surface area (Å²) < 4.78 is 0. The Morgan fingerprint density at radius 1 is 1.15 bits per heavy atom. The van der Waals surface area contributed by atoms with Gasteiger partial charge in [0.15, 0.2) is 0 Å². The molecule has 0 atom stereocenters. The Morgan fingerprint density at radius 3 is 2.69 bits per heavy atom. The van der Waals surface area contributed by atoms with Gasteiger partial charge in [-0.3, -0.25) is 9.78 Å². The van der Waals surface area contributed by atoms with Crippen LogP contribution in [0.5, 0.6) is 0 Å². The van der Waals surface area contributed by atoms with E-state index in [1.807, 2.05) is 0 Å². The van der Waals surface area contributed by atoms with E-state index in [-0.39, 0.29) is 5.78 Å². The van der Waals surface area contributed by atoms with Crippen molar-refractivity contribution < 1.29 is 9.90 Å². The topological polar surface area (TPSA) is 50.2 Å². The molecule has 3 rings (SSSR count). The number of aliphatic hydroxyl groups is 1. The summed E-state index contributed by atoms with van der Waals surface area (Å²) in [4.78, 5) is 16.2. The minimum absolute atomic E-state index is 0.113. The summed E-state index contributed by atoms with van der Waals surface area (Å²) in [6.45, 7) is 1.58. The molecule has 0 unspecified atom stereocenters. The Bertz CT molecular complexity index is 602. The molecule has 0 spiro atoms. The average Bonchev–Trinajstić information content (AvgIpc) is 2.62. The number of carbonyl (C=O) groups excluding carboxylic acids is 1. The standard InChI is InChI=1S/C23H35NO2/c1-18(25)17-23(26)15-13-19(14-16-23)7-3-2-4-9-21-12-11-20-8-5-6-10-22(20)24-21/h11-12,19,26H,2-10,13-17H2,1H3. The Balaban J connectivity index is 1.31. The molecule has 0 bridgehead atoms. The Kier molecular flexibility index (Phi) is 6.86. The van der Waals surface area contributed by atoms with Crippen molar-refractivity contribution in [1.82, 2.24) is 4.98 Å². The van der Waals surface area contributed by atoms with Gasteiger partial charge in [-0.25, -0.2) is 0 Å². The lowest BCUT2D eigenvalue weighted by Gasteiger charge is -2.35. The summed E-state index contributed by atoms with van der Waals surface area (Å²) in [7, 11) is 0. The molecule has 1 aromatic heterocycles. The highest BCUT2D eigenvalue weighted by atomic mass is 16.3. The monoisotopic (exact) mass is 357 g/mol. The van der Waals surface area contributed by atoms with Crippen LogP contribution in [0, 0.1) is 5.92 Å². The van der Waals surface area contributed by atoms with Crippen molar-refractivity contribution in [1.29, 1.82) is 0 Å². The van der Waals surface area contributed by atoms with Gasteiger partial charge in [-0.15, -0.1) is 0 Å². The minimum Gasteiger partial charge on any atom is -0.389 e. The molecule has 144 valence electrons. The molecule has 0 radical (unpaired) electrons. The summed E-state index contributed by atoms with van der Waals surface area (Å²) in [6, 6.07) is 4.54. The maximum Gasteiger partial charge on any atom is 0.132 e. The number of aromatic nitrogens is 1. The second-order valence-electron chi connectivity index (χ2n) is 8.76. The fourth-order valence-electron chi connectivity index (χ4n) is 4.83. The highest BCUT2D eigenvalue weighted by molar-refractivity contribution is 5.76. The van der Waals surface area contributed by atoms with Gasteiger partial charge in [-0.05, 0) is 88.7 Å². The van der Waals surface area contributed by atoms with Gasteiger partial charge in [0.05, 0.1) is 5.60 Å². The maximum absolute atomic E-state index is 11.3. The zero-order chi connectivity index (χ0) is 18.4. The molecule has 1 aromatic rings. The Labute approximate surface area is 158 Å². The maximum atomic E-state index is 11.3. The molecular weight excluding hydrogens is 322 g/mol. The Morgan fingerprint density at radius 2 is 1.92 bits per heavy atom. The first-order valence-corrected chi connectivity index (χ1v) is 10.7. The van der Waals surface area contributed by atoms with E-state index < -0.39 is 5.60 Å². The number of aryl methyl sites for hydroxylation is 3. The van der Waals surface area contributed by atoms with Crippen LogP contribution in [0.3, 0.4) is 0 Å². The zero-order valence-electron chi connectivity index (χ0n) is 16.4. The van der Waals surface area contributed by atoms with Crippen LogP contribution >= 0.6 is 0 Å². The molecule has 3 nitrogen and oxygen atoms in total. The lowest BCUT2D eigenvalue weighted by Crippen LogP contribution is -2.35. The third kappa shape index (κ3) is 5.64. The lowest BCUT2D eigenvalue weighted by atomic mass is 9.75. The van der Waals surface area contributed by atoms with Gasteiger partial charge in [0.2, 0.25) is 0 Å². The van der Waals surface area contributed by atoms with Gasteiger partial charge in [-0.1, -0.05) is 25.3 Å². The number of ketones is 1. The third-order valence-electron chi connectivity index (χ3n) is 6.40. The van der Waals surface area contributed by atoms with Crippen LogP contribution in [0.4, 0.5) is 0 Å². The normalized spacial score (nSPS) is 25.7. The quantitative estimate of drug-likeness (QED) is 0.669. The molecule has 2 aliphatic carbocycles. The van der Waals surface area contributed by atoms with Crippen molar-refractivity contribution in [2.75, 3.05) is 0 Å². The van der Waals surface area contributed by atoms with Crippen LogP contribution in [0.15, 0.2) is 12.1 Å². The summed E-state index contributed by atoms with van der Waals surface area (Å²) in [6.07, 6.45) is 15.3. The molecule has 0 aromatic carbocycles. The number of nitrogens with zero attached hydrogens (tertiary/aromatic N) is 1. The van der Waals surface area contributed by atoms with Crippen molar-refractivity contribution in [2.45, 2.75) is 102 Å². The molecule has 0 aliphatic heterocycles. The number of carbonyl (C=O) groups is 1. The van der Waals surface area contributed by atoms with E-state index in [1.165, 1.54) is 68.3 Å². The highest BCUT2D eigenvalue weighted by Crippen LogP contribution is 2.36. The molecule has 1 fully saturated rings. The first kappa shape index (κ1) is 19.5. The minimum atomic E-state index is -0.708. The van der Waals surface area contributed by atoms with Gasteiger partial charge in [0.1, 0.15) is 5.78 Å². The predicted molar refractivity (Wildman–Crippen MR) is 105 cm³/mol. The van der Waals surface area contributed by atoms with E-state index in [1.54, 1.807) is 6.92 Å². The average molecular weight is 358 g/mol. The highest BCUT2D eigenvalue weighted by Gasteiger charge is 2.33. The van der Waals surface area contributed by atoms with E-state index in [9.17, 15) is 9.90 Å². The number of unbranched alkanes of at least 4 members (excludes halogenated alkanes) is 2. The van der Waals surface area contributed by atoms with E-state index in [0.29, 0.717) is 6.42 Å². The van der Waals surface area contributed by atoms with Gasteiger partial charge < -0.3 is 5.11 Å². The van der Waals surface area contributed by atoms with Crippen LogP contribution in [0.2, 0.25) is 0 Å². The van der Waals surface area contributed by atoms with Crippen LogP contribution < -0.4 is 0 Å². The predicted octanol–water partition coefficient (Wildman–Crippen LogP) is 4.96. The summed E-state index contributed by atoms with van der Waals surface area (Å²) >= 11 is 0. The van der Waals surface area contributed by atoms with Crippen LogP contribution in [-0.4, -0.2) is 21.5 Å². The number of pyridine rings is 1. The van der Waals surface area contributed by atoms with Crippen LogP contribution in [0.1, 0.15) is 94.5 Å². The molecular formula is C23H35NO2. The van der Waals surface area contributed by atoms with Crippen molar-refractivity contribution >= 4 is 5.78 Å². The van der Waals surface area contributed by atoms with Crippen molar-refractivity contribution in [3.63, 3.8) is 0 Å². The molecule has 1 N–H and O–H groups in total. The molecule has 2 aliphatic rings. The first-order valence-electron chi connectivity index (χ1n) is 10.7. The summed E-state index contributed by atoms with van der Waals surface area (Å²) in [5, 5.41) is 10.5. The molecule has 0 saturated heterocycles. The molecule has 26 heavy (non-hydrogen) atoms. The molecule has 0 amide bonds. The fourth-order valence-corrected chi connectivity index (χ4v) is 4.83. The van der Waals surface area contributed by atoms with E-state index in [0.717, 1.165) is 38.0 Å². The summed E-state index contributed by atoms with van der Waals surface area (Å²) in [5.41, 5.74) is 3.40. The number of hydrogen-bond donors (Lipinski definition) is 1. The SMILES string of the molecule is CC(=O)CC1(O)CCC(CCCCCc2ccc3c(n2)CCCC3)CC1. The third-order valence-corrected chi connectivity index (χ3v) is 6.40. The van der Waals surface area contributed by atoms with E-state index in [4.69, 9.17) is 4.98 Å². The summed E-state index contributed by atoms with van der Waals surface area (Å²) in [5.74, 6) is 0.853. The zero-order valence-corrected chi connectivity index (χ0v) is 16.4. The van der Waals surface area contributed by atoms with Crippen molar-refractivity contribution in [3.8, 4) is 0 Å². The smallest absolute Gasteiger partial charge is 0.132 e. The second-order valence-corrected chi connectivity index (χ2v) is 8.76. The largest absolute Gasteiger partial charge is 0.389 e. The van der Waals surface area contributed by atoms with Gasteiger partial charge >= 0.3 is 0 Å². The molecule has 1 saturated carbocycles. The van der Waals surface area contributed by atoms with Crippen LogP contribution in [-0.2, 0) is 24.1 Å². The number of hydrogen-bond acceptors (Lipinski definition) is 3. The van der Waals surface area contributed by atoms with Crippen molar-refractivity contribution in [2.24, 2.45) is 5.92 Å². The molecule has 1 heterocycles. The molecule has 3 heteroatoms. The van der Waals surface area contributed by atoms with Gasteiger partial charge in [0.25, 0.3) is 0 Å². The van der Waals surface area contributed by atoms with Gasteiger partial charge in [-0.2, -0.15) is 0 Å². The fraction of sp³-hybridized carbons (Fsp3) is 0.739. The van der Waals surface area contributed by atoms with E-state index >= 15 is 0 Å². The Hall–Kier alpha value is -1.22. The number of fused-ring (bicyclic) bond motifs is 1. The van der Waals surface area contributed by atoms with Crippen molar-refractivity contribution in [3.05, 3.63) is 29.1 Å². The second kappa shape index (κ2) is 9.12. The lowest BCUT2D eigenvalue weighted by molar-refractivity contribution is -0.123.